The average Bonchev–Trinajstić information content (AvgIpc) is 3.37. The lowest BCUT2D eigenvalue weighted by molar-refractivity contribution is 0.414. The van der Waals surface area contributed by atoms with E-state index in [4.69, 9.17) is 4.74 Å². The van der Waals surface area contributed by atoms with Crippen LogP contribution in [0.15, 0.2) is 52.3 Å². The van der Waals surface area contributed by atoms with Crippen molar-refractivity contribution in [2.75, 3.05) is 18.0 Å². The fourth-order valence-corrected chi connectivity index (χ4v) is 6.83. The molecule has 29 heavy (non-hydrogen) atoms. The Balaban J connectivity index is 1.60. The van der Waals surface area contributed by atoms with E-state index in [-0.39, 0.29) is 22.4 Å². The Bertz CT molecular complexity index is 1110. The third-order valence-corrected chi connectivity index (χ3v) is 8.88. The van der Waals surface area contributed by atoms with Gasteiger partial charge in [-0.25, -0.2) is 21.6 Å². The summed E-state index contributed by atoms with van der Waals surface area (Å²) in [5.41, 5.74) is 1.25. The predicted molar refractivity (Wildman–Crippen MR) is 110 cm³/mol. The van der Waals surface area contributed by atoms with Gasteiger partial charge in [-0.05, 0) is 67.3 Å². The predicted octanol–water partition coefficient (Wildman–Crippen LogP) is 2.67. The zero-order valence-corrected chi connectivity index (χ0v) is 17.8. The van der Waals surface area contributed by atoms with Crippen molar-refractivity contribution in [1.29, 1.82) is 0 Å². The molecule has 0 bridgehead atoms. The maximum atomic E-state index is 13.1. The molecule has 2 aromatic rings. The third kappa shape index (κ3) is 3.86. The molecule has 1 aliphatic carbocycles. The quantitative estimate of drug-likeness (QED) is 0.752. The molecule has 0 spiro atoms. The van der Waals surface area contributed by atoms with Crippen LogP contribution in [-0.4, -0.2) is 36.5 Å². The van der Waals surface area contributed by atoms with Crippen LogP contribution in [0.4, 0.5) is 5.69 Å². The molecule has 7 nitrogen and oxygen atoms in total. The molecule has 1 heterocycles. The average molecular weight is 437 g/mol. The fraction of sp³-hybridized carbons (Fsp3) is 0.400. The van der Waals surface area contributed by atoms with Crippen molar-refractivity contribution < 1.29 is 21.6 Å². The van der Waals surface area contributed by atoms with Crippen molar-refractivity contribution >= 4 is 25.7 Å². The molecule has 2 aromatic carbocycles. The number of sulfonamides is 2. The van der Waals surface area contributed by atoms with Crippen LogP contribution in [0.5, 0.6) is 5.75 Å². The second kappa shape index (κ2) is 7.62. The first-order valence-corrected chi connectivity index (χ1v) is 12.6. The minimum absolute atomic E-state index is 0.0137. The van der Waals surface area contributed by atoms with Crippen molar-refractivity contribution in [3.05, 3.63) is 48.0 Å². The van der Waals surface area contributed by atoms with Crippen LogP contribution in [-0.2, 0) is 26.5 Å². The lowest BCUT2D eigenvalue weighted by Gasteiger charge is -2.20. The molecule has 1 N–H and O–H groups in total. The van der Waals surface area contributed by atoms with Gasteiger partial charge < -0.3 is 4.74 Å². The summed E-state index contributed by atoms with van der Waals surface area (Å²) >= 11 is 0. The lowest BCUT2D eigenvalue weighted by Crippen LogP contribution is -2.32. The summed E-state index contributed by atoms with van der Waals surface area (Å²) in [6, 6.07) is 10.9. The summed E-state index contributed by atoms with van der Waals surface area (Å²) in [6.07, 6.45) is 4.26. The molecule has 0 amide bonds. The topological polar surface area (TPSA) is 92.8 Å². The smallest absolute Gasteiger partial charge is 0.264 e. The SMILES string of the molecule is COc1ccc(S(=O)(=O)N2CCc3cc(S(=O)(=O)NC4CCCC4)ccc32)cc1. The molecule has 1 aliphatic heterocycles. The number of nitrogens with one attached hydrogen (secondary N) is 1. The molecule has 0 atom stereocenters. The highest BCUT2D eigenvalue weighted by molar-refractivity contribution is 7.92. The van der Waals surface area contributed by atoms with Gasteiger partial charge in [0.15, 0.2) is 0 Å². The van der Waals surface area contributed by atoms with E-state index >= 15 is 0 Å². The van der Waals surface area contributed by atoms with Crippen LogP contribution in [0.2, 0.25) is 0 Å². The summed E-state index contributed by atoms with van der Waals surface area (Å²) in [5.74, 6) is 0.579. The largest absolute Gasteiger partial charge is 0.497 e. The molecular formula is C20H24N2O5S2. The van der Waals surface area contributed by atoms with Crippen molar-refractivity contribution in [2.45, 2.75) is 47.9 Å². The molecule has 9 heteroatoms. The number of hydrogen-bond donors (Lipinski definition) is 1. The van der Waals surface area contributed by atoms with E-state index in [9.17, 15) is 16.8 Å². The van der Waals surface area contributed by atoms with Gasteiger partial charge in [0.1, 0.15) is 5.75 Å². The first kappa shape index (κ1) is 20.2. The highest BCUT2D eigenvalue weighted by atomic mass is 32.2. The van der Waals surface area contributed by atoms with E-state index in [2.05, 4.69) is 4.72 Å². The van der Waals surface area contributed by atoms with E-state index in [0.717, 1.165) is 31.2 Å². The van der Waals surface area contributed by atoms with Gasteiger partial charge in [-0.1, -0.05) is 12.8 Å². The number of benzene rings is 2. The Kier molecular flexibility index (Phi) is 5.30. The van der Waals surface area contributed by atoms with Gasteiger partial charge in [-0.3, -0.25) is 4.31 Å². The van der Waals surface area contributed by atoms with Crippen LogP contribution < -0.4 is 13.8 Å². The third-order valence-electron chi connectivity index (χ3n) is 5.54. The molecule has 0 saturated heterocycles. The summed E-state index contributed by atoms with van der Waals surface area (Å²) in [5, 5.41) is 0. The minimum Gasteiger partial charge on any atom is -0.497 e. The molecular weight excluding hydrogens is 412 g/mol. The number of methoxy groups -OCH3 is 1. The van der Waals surface area contributed by atoms with Gasteiger partial charge in [0, 0.05) is 12.6 Å². The standard InChI is InChI=1S/C20H24N2O5S2/c1-27-17-6-8-18(9-7-17)29(25,26)22-13-12-15-14-19(10-11-20(15)22)28(23,24)21-16-4-2-3-5-16/h6-11,14,16,21H,2-5,12-13H2,1H3. The fourth-order valence-electron chi connectivity index (χ4n) is 3.97. The lowest BCUT2D eigenvalue weighted by atomic mass is 10.2. The molecule has 2 aliphatic rings. The van der Waals surface area contributed by atoms with E-state index in [1.807, 2.05) is 0 Å². The summed E-state index contributed by atoms with van der Waals surface area (Å²) in [4.78, 5) is 0.359. The molecule has 156 valence electrons. The zero-order valence-electron chi connectivity index (χ0n) is 16.2. The molecule has 0 radical (unpaired) electrons. The molecule has 1 saturated carbocycles. The monoisotopic (exact) mass is 436 g/mol. The summed E-state index contributed by atoms with van der Waals surface area (Å²) in [6.45, 7) is 0.281. The Labute approximate surface area is 171 Å². The minimum atomic E-state index is -3.73. The van der Waals surface area contributed by atoms with Crippen molar-refractivity contribution in [3.63, 3.8) is 0 Å². The number of ether oxygens (including phenoxy) is 1. The Hall–Kier alpha value is -2.10. The van der Waals surface area contributed by atoms with Crippen LogP contribution >= 0.6 is 0 Å². The Morgan fingerprint density at radius 3 is 2.28 bits per heavy atom. The van der Waals surface area contributed by atoms with E-state index < -0.39 is 20.0 Å². The highest BCUT2D eigenvalue weighted by Gasteiger charge is 2.32. The summed E-state index contributed by atoms with van der Waals surface area (Å²) < 4.78 is 60.7. The van der Waals surface area contributed by atoms with Gasteiger partial charge in [0.2, 0.25) is 10.0 Å². The van der Waals surface area contributed by atoms with Crippen molar-refractivity contribution in [3.8, 4) is 5.75 Å². The normalized spacial score (nSPS) is 17.5. The Morgan fingerprint density at radius 2 is 1.62 bits per heavy atom. The van der Waals surface area contributed by atoms with Gasteiger partial charge in [0.05, 0.1) is 22.6 Å². The van der Waals surface area contributed by atoms with Gasteiger partial charge in [0.25, 0.3) is 10.0 Å². The van der Waals surface area contributed by atoms with Gasteiger partial charge >= 0.3 is 0 Å². The maximum absolute atomic E-state index is 13.1. The van der Waals surface area contributed by atoms with Gasteiger partial charge in [-0.15, -0.1) is 0 Å². The maximum Gasteiger partial charge on any atom is 0.264 e. The molecule has 0 unspecified atom stereocenters. The van der Waals surface area contributed by atoms with Crippen LogP contribution in [0.3, 0.4) is 0 Å². The van der Waals surface area contributed by atoms with Gasteiger partial charge in [-0.2, -0.15) is 0 Å². The van der Waals surface area contributed by atoms with E-state index in [1.165, 1.54) is 29.6 Å². The number of hydrogen-bond acceptors (Lipinski definition) is 5. The van der Waals surface area contributed by atoms with Crippen LogP contribution in [0.25, 0.3) is 0 Å². The number of fused-ring (bicyclic) bond motifs is 1. The zero-order chi connectivity index (χ0) is 20.6. The van der Waals surface area contributed by atoms with E-state index in [1.54, 1.807) is 24.3 Å². The molecule has 4 rings (SSSR count). The molecule has 1 fully saturated rings. The number of rotatable bonds is 6. The first-order valence-electron chi connectivity index (χ1n) is 9.63. The number of nitrogens with zero attached hydrogens (tertiary/aromatic N) is 1. The first-order chi connectivity index (χ1) is 13.8. The van der Waals surface area contributed by atoms with Crippen molar-refractivity contribution in [1.82, 2.24) is 4.72 Å². The number of anilines is 1. The van der Waals surface area contributed by atoms with Crippen LogP contribution in [0.1, 0.15) is 31.2 Å². The highest BCUT2D eigenvalue weighted by Crippen LogP contribution is 2.35. The Morgan fingerprint density at radius 1 is 0.966 bits per heavy atom. The van der Waals surface area contributed by atoms with Crippen molar-refractivity contribution in [2.24, 2.45) is 0 Å². The second-order valence-electron chi connectivity index (χ2n) is 7.40. The van der Waals surface area contributed by atoms with E-state index in [0.29, 0.717) is 17.9 Å². The van der Waals surface area contributed by atoms with Crippen LogP contribution in [0, 0.1) is 0 Å². The molecule has 0 aromatic heterocycles. The summed E-state index contributed by atoms with van der Waals surface area (Å²) in [7, 11) is -5.82. The second-order valence-corrected chi connectivity index (χ2v) is 11.0.